The lowest BCUT2D eigenvalue weighted by molar-refractivity contribution is -0.104. The smallest absolute Gasteiger partial charge is 0.142 e. The molecule has 19 heavy (non-hydrogen) atoms. The van der Waals surface area contributed by atoms with Gasteiger partial charge in [-0.15, -0.1) is 0 Å². The van der Waals surface area contributed by atoms with Crippen molar-refractivity contribution in [1.82, 2.24) is 0 Å². The van der Waals surface area contributed by atoms with Crippen LogP contribution in [0.5, 0.6) is 0 Å². The van der Waals surface area contributed by atoms with Crippen molar-refractivity contribution >= 4 is 12.4 Å². The number of aldehydes is 1. The topological polar surface area (TPSA) is 17.1 Å². The highest BCUT2D eigenvalue weighted by molar-refractivity contribution is 5.74. The van der Waals surface area contributed by atoms with E-state index in [0.29, 0.717) is 5.92 Å². The predicted molar refractivity (Wildman–Crippen MR) is 83.5 cm³/mol. The summed E-state index contributed by atoms with van der Waals surface area (Å²) in [6.07, 6.45) is 10.7. The van der Waals surface area contributed by atoms with Crippen LogP contribution in [0.1, 0.15) is 68.6 Å². The highest BCUT2D eigenvalue weighted by Gasteiger charge is 2.09. The molecule has 0 aliphatic heterocycles. The van der Waals surface area contributed by atoms with E-state index in [1.165, 1.54) is 43.2 Å². The van der Waals surface area contributed by atoms with E-state index in [1.54, 1.807) is 6.08 Å². The highest BCUT2D eigenvalue weighted by Crippen LogP contribution is 2.27. The summed E-state index contributed by atoms with van der Waals surface area (Å²) in [7, 11) is 0. The third kappa shape index (κ3) is 5.02. The van der Waals surface area contributed by atoms with E-state index in [4.69, 9.17) is 0 Å². The summed E-state index contributed by atoms with van der Waals surface area (Å²) in [6.45, 7) is 6.64. The van der Waals surface area contributed by atoms with Gasteiger partial charge in [0.2, 0.25) is 0 Å². The fraction of sp³-hybridized carbons (Fsp3) is 0.500. The molecule has 104 valence electrons. The second kappa shape index (κ2) is 8.68. The van der Waals surface area contributed by atoms with Gasteiger partial charge >= 0.3 is 0 Å². The summed E-state index contributed by atoms with van der Waals surface area (Å²) < 4.78 is 0. The number of rotatable bonds is 8. The first-order valence-electron chi connectivity index (χ1n) is 7.45. The van der Waals surface area contributed by atoms with Crippen LogP contribution >= 0.6 is 0 Å². The Morgan fingerprint density at radius 2 is 2.00 bits per heavy atom. The maximum atomic E-state index is 10.4. The van der Waals surface area contributed by atoms with Gasteiger partial charge in [0, 0.05) is 0 Å². The molecule has 0 saturated heterocycles. The third-order valence-corrected chi connectivity index (χ3v) is 3.77. The quantitative estimate of drug-likeness (QED) is 0.352. The highest BCUT2D eigenvalue weighted by atomic mass is 16.1. The van der Waals surface area contributed by atoms with Gasteiger partial charge < -0.3 is 0 Å². The van der Waals surface area contributed by atoms with Gasteiger partial charge in [-0.2, -0.15) is 0 Å². The molecule has 1 aromatic carbocycles. The SMILES string of the molecule is CCCCCC(CC)c1ccc(C=CC=O)c(C)c1. The van der Waals surface area contributed by atoms with Crippen LogP contribution in [0.25, 0.3) is 6.08 Å². The lowest BCUT2D eigenvalue weighted by Gasteiger charge is -2.16. The minimum atomic E-state index is 0.675. The van der Waals surface area contributed by atoms with Crippen LogP contribution in [0.15, 0.2) is 24.3 Å². The van der Waals surface area contributed by atoms with Crippen molar-refractivity contribution in [1.29, 1.82) is 0 Å². The number of unbranched alkanes of at least 4 members (excludes halogenated alkanes) is 2. The molecule has 0 radical (unpaired) electrons. The van der Waals surface area contributed by atoms with Crippen molar-refractivity contribution in [2.45, 2.75) is 58.8 Å². The van der Waals surface area contributed by atoms with Gasteiger partial charge in [0.15, 0.2) is 0 Å². The van der Waals surface area contributed by atoms with E-state index < -0.39 is 0 Å². The predicted octanol–water partition coefficient (Wildman–Crippen LogP) is 5.28. The van der Waals surface area contributed by atoms with E-state index in [0.717, 1.165) is 11.8 Å². The standard InChI is InChI=1S/C18H26O/c1-4-6-7-9-16(5-2)18-12-11-17(10-8-13-19)15(3)14-18/h8,10-14,16H,4-7,9H2,1-3H3. The zero-order chi connectivity index (χ0) is 14.1. The average molecular weight is 258 g/mol. The van der Waals surface area contributed by atoms with Crippen molar-refractivity contribution in [3.63, 3.8) is 0 Å². The molecule has 1 rings (SSSR count). The van der Waals surface area contributed by atoms with Crippen molar-refractivity contribution in [2.75, 3.05) is 0 Å². The molecular formula is C18H26O. The normalized spacial score (nSPS) is 12.8. The van der Waals surface area contributed by atoms with Crippen LogP contribution in [0, 0.1) is 6.92 Å². The van der Waals surface area contributed by atoms with E-state index in [-0.39, 0.29) is 0 Å². The molecule has 0 aliphatic rings. The van der Waals surface area contributed by atoms with E-state index in [9.17, 15) is 4.79 Å². The molecule has 0 spiro atoms. The fourth-order valence-corrected chi connectivity index (χ4v) is 2.53. The molecule has 0 aromatic heterocycles. The summed E-state index contributed by atoms with van der Waals surface area (Å²) in [5, 5.41) is 0. The Morgan fingerprint density at radius 3 is 2.58 bits per heavy atom. The lowest BCUT2D eigenvalue weighted by Crippen LogP contribution is -1.99. The van der Waals surface area contributed by atoms with Gasteiger partial charge in [0.1, 0.15) is 6.29 Å². The Balaban J connectivity index is 2.79. The van der Waals surface area contributed by atoms with Gasteiger partial charge in [-0.1, -0.05) is 57.4 Å². The molecule has 0 N–H and O–H groups in total. The summed E-state index contributed by atoms with van der Waals surface area (Å²) >= 11 is 0. The molecular weight excluding hydrogens is 232 g/mol. The number of carbonyl (C=O) groups excluding carboxylic acids is 1. The minimum Gasteiger partial charge on any atom is -0.299 e. The number of aryl methyl sites for hydroxylation is 1. The van der Waals surface area contributed by atoms with Crippen LogP contribution in [-0.2, 0) is 4.79 Å². The molecule has 0 fully saturated rings. The van der Waals surface area contributed by atoms with Crippen molar-refractivity contribution in [2.24, 2.45) is 0 Å². The summed E-state index contributed by atoms with van der Waals surface area (Å²) in [5.74, 6) is 0.675. The van der Waals surface area contributed by atoms with E-state index in [2.05, 4.69) is 39.0 Å². The first kappa shape index (κ1) is 15.7. The number of hydrogen-bond acceptors (Lipinski definition) is 1. The zero-order valence-electron chi connectivity index (χ0n) is 12.5. The molecule has 0 aliphatic carbocycles. The molecule has 1 atom stereocenters. The first-order chi connectivity index (χ1) is 9.22. The number of benzene rings is 1. The first-order valence-corrected chi connectivity index (χ1v) is 7.45. The van der Waals surface area contributed by atoms with Crippen LogP contribution in [-0.4, -0.2) is 6.29 Å². The van der Waals surface area contributed by atoms with Gasteiger partial charge in [-0.25, -0.2) is 0 Å². The maximum Gasteiger partial charge on any atom is 0.142 e. The van der Waals surface area contributed by atoms with Gasteiger partial charge in [-0.05, 0) is 48.4 Å². The Labute approximate surface area is 117 Å². The summed E-state index contributed by atoms with van der Waals surface area (Å²) in [5.41, 5.74) is 3.84. The second-order valence-corrected chi connectivity index (χ2v) is 5.21. The molecule has 0 heterocycles. The largest absolute Gasteiger partial charge is 0.299 e. The molecule has 0 bridgehead atoms. The monoisotopic (exact) mass is 258 g/mol. The van der Waals surface area contributed by atoms with Crippen LogP contribution in [0.4, 0.5) is 0 Å². The van der Waals surface area contributed by atoms with Crippen LogP contribution in [0.3, 0.4) is 0 Å². The molecule has 1 nitrogen and oxygen atoms in total. The van der Waals surface area contributed by atoms with Gasteiger partial charge in [0.25, 0.3) is 0 Å². The van der Waals surface area contributed by atoms with Crippen LogP contribution in [0.2, 0.25) is 0 Å². The van der Waals surface area contributed by atoms with E-state index >= 15 is 0 Å². The maximum absolute atomic E-state index is 10.4. The van der Waals surface area contributed by atoms with Gasteiger partial charge in [0.05, 0.1) is 0 Å². The second-order valence-electron chi connectivity index (χ2n) is 5.21. The third-order valence-electron chi connectivity index (χ3n) is 3.77. The Kier molecular flexibility index (Phi) is 7.17. The average Bonchev–Trinajstić information content (AvgIpc) is 2.42. The summed E-state index contributed by atoms with van der Waals surface area (Å²) in [6, 6.07) is 6.63. The molecule has 0 amide bonds. The fourth-order valence-electron chi connectivity index (χ4n) is 2.53. The summed E-state index contributed by atoms with van der Waals surface area (Å²) in [4.78, 5) is 10.4. The Morgan fingerprint density at radius 1 is 1.21 bits per heavy atom. The minimum absolute atomic E-state index is 0.675. The molecule has 1 unspecified atom stereocenters. The zero-order valence-corrected chi connectivity index (χ0v) is 12.5. The number of hydrogen-bond donors (Lipinski definition) is 0. The number of allylic oxidation sites excluding steroid dienone is 1. The van der Waals surface area contributed by atoms with E-state index in [1.807, 2.05) is 6.08 Å². The van der Waals surface area contributed by atoms with Crippen molar-refractivity contribution in [3.8, 4) is 0 Å². The van der Waals surface area contributed by atoms with Crippen molar-refractivity contribution < 1.29 is 4.79 Å². The number of carbonyl (C=O) groups is 1. The Hall–Kier alpha value is -1.37. The Bertz CT molecular complexity index is 418. The molecule has 1 aromatic rings. The van der Waals surface area contributed by atoms with Crippen LogP contribution < -0.4 is 0 Å². The van der Waals surface area contributed by atoms with Gasteiger partial charge in [-0.3, -0.25) is 4.79 Å². The lowest BCUT2D eigenvalue weighted by atomic mass is 9.89. The van der Waals surface area contributed by atoms with Crippen molar-refractivity contribution in [3.05, 3.63) is 41.0 Å². The molecule has 1 heteroatoms. The molecule has 0 saturated carbocycles.